The summed E-state index contributed by atoms with van der Waals surface area (Å²) < 4.78 is 28.1. The zero-order valence-corrected chi connectivity index (χ0v) is 13.3. The van der Waals surface area contributed by atoms with Crippen molar-refractivity contribution in [1.82, 2.24) is 19.1 Å². The predicted molar refractivity (Wildman–Crippen MR) is 81.0 cm³/mol. The Morgan fingerprint density at radius 1 is 1.22 bits per heavy atom. The van der Waals surface area contributed by atoms with E-state index in [4.69, 9.17) is 0 Å². The molecule has 0 spiro atoms. The van der Waals surface area contributed by atoms with Crippen molar-refractivity contribution in [2.24, 2.45) is 0 Å². The second-order valence-corrected chi connectivity index (χ2v) is 7.31. The fraction of sp³-hybridized carbons (Fsp3) is 0.357. The van der Waals surface area contributed by atoms with Gasteiger partial charge in [-0.3, -0.25) is 0 Å². The van der Waals surface area contributed by atoms with Crippen LogP contribution in [-0.4, -0.2) is 51.7 Å². The van der Waals surface area contributed by atoms with Gasteiger partial charge in [0.25, 0.3) is 0 Å². The van der Waals surface area contributed by atoms with Crippen molar-refractivity contribution in [3.63, 3.8) is 0 Å². The molecular formula is C14H16N4O4S. The van der Waals surface area contributed by atoms with Crippen LogP contribution < -0.4 is 0 Å². The predicted octanol–water partition coefficient (Wildman–Crippen LogP) is 1.06. The fourth-order valence-corrected chi connectivity index (χ4v) is 4.12. The summed E-state index contributed by atoms with van der Waals surface area (Å²) in [6.07, 6.45) is 3.04. The van der Waals surface area contributed by atoms with E-state index >= 15 is 0 Å². The first-order chi connectivity index (χ1) is 10.9. The molecule has 1 N–H and O–H groups in total. The highest BCUT2D eigenvalue weighted by Crippen LogP contribution is 2.24. The van der Waals surface area contributed by atoms with Crippen LogP contribution in [0.25, 0.3) is 5.69 Å². The third kappa shape index (κ3) is 2.97. The first kappa shape index (κ1) is 15.6. The first-order valence-electron chi connectivity index (χ1n) is 7.15. The molecule has 3 rings (SSSR count). The molecule has 0 atom stereocenters. The second-order valence-electron chi connectivity index (χ2n) is 5.37. The number of hydrogen-bond acceptors (Lipinski definition) is 5. The van der Waals surface area contributed by atoms with Crippen molar-refractivity contribution in [1.29, 1.82) is 0 Å². The number of sulfonamides is 1. The van der Waals surface area contributed by atoms with Gasteiger partial charge in [0.15, 0.2) is 0 Å². The van der Waals surface area contributed by atoms with E-state index < -0.39 is 16.0 Å². The van der Waals surface area contributed by atoms with E-state index in [0.29, 0.717) is 24.6 Å². The largest absolute Gasteiger partial charge is 0.478 e. The molecule has 9 heteroatoms. The van der Waals surface area contributed by atoms with Crippen molar-refractivity contribution in [2.75, 3.05) is 13.1 Å². The zero-order valence-electron chi connectivity index (χ0n) is 12.5. The zero-order chi connectivity index (χ0) is 16.6. The van der Waals surface area contributed by atoms with Gasteiger partial charge in [-0.2, -0.15) is 9.40 Å². The number of benzene rings is 1. The van der Waals surface area contributed by atoms with Crippen LogP contribution in [-0.2, 0) is 10.0 Å². The summed E-state index contributed by atoms with van der Waals surface area (Å²) in [5.41, 5.74) is 0.247. The van der Waals surface area contributed by atoms with Gasteiger partial charge in [0.1, 0.15) is 12.2 Å². The molecule has 1 aliphatic heterocycles. The average Bonchev–Trinajstić information content (AvgIpc) is 3.18. The minimum absolute atomic E-state index is 0.0394. The smallest absolute Gasteiger partial charge is 0.335 e. The van der Waals surface area contributed by atoms with Crippen molar-refractivity contribution in [3.8, 4) is 5.69 Å². The van der Waals surface area contributed by atoms with Gasteiger partial charge in [0, 0.05) is 13.1 Å². The van der Waals surface area contributed by atoms with Gasteiger partial charge in [-0.15, -0.1) is 0 Å². The van der Waals surface area contributed by atoms with Crippen LogP contribution in [0.5, 0.6) is 0 Å². The lowest BCUT2D eigenvalue weighted by Gasteiger charge is -2.16. The Labute approximate surface area is 133 Å². The lowest BCUT2D eigenvalue weighted by atomic mass is 10.2. The highest BCUT2D eigenvalue weighted by Gasteiger charge is 2.28. The maximum Gasteiger partial charge on any atom is 0.335 e. The van der Waals surface area contributed by atoms with Gasteiger partial charge >= 0.3 is 5.97 Å². The number of hydrogen-bond donors (Lipinski definition) is 1. The maximum absolute atomic E-state index is 12.7. The molecule has 2 heterocycles. The van der Waals surface area contributed by atoms with Crippen molar-refractivity contribution < 1.29 is 18.3 Å². The van der Waals surface area contributed by atoms with Crippen LogP contribution in [0, 0.1) is 6.92 Å². The molecule has 23 heavy (non-hydrogen) atoms. The number of aryl methyl sites for hydroxylation is 1. The molecule has 0 aliphatic carbocycles. The van der Waals surface area contributed by atoms with Gasteiger partial charge in [-0.05, 0) is 38.0 Å². The number of carbonyl (C=O) groups is 1. The van der Waals surface area contributed by atoms with Crippen LogP contribution in [0.15, 0.2) is 29.4 Å². The van der Waals surface area contributed by atoms with Crippen LogP contribution in [0.3, 0.4) is 0 Å². The standard InChI is InChI=1S/C14H16N4O4S/c1-10-15-9-18(16-10)12-6-11(14(19)20)7-13(8-12)23(21,22)17-4-2-3-5-17/h6-9H,2-5H2,1H3,(H,19,20). The second kappa shape index (κ2) is 5.74. The van der Waals surface area contributed by atoms with E-state index in [-0.39, 0.29) is 10.5 Å². The van der Waals surface area contributed by atoms with Crippen LogP contribution in [0.1, 0.15) is 29.0 Å². The summed E-state index contributed by atoms with van der Waals surface area (Å²) in [4.78, 5) is 15.3. The molecule has 0 amide bonds. The highest BCUT2D eigenvalue weighted by molar-refractivity contribution is 7.89. The quantitative estimate of drug-likeness (QED) is 0.895. The molecular weight excluding hydrogens is 320 g/mol. The van der Waals surface area contributed by atoms with E-state index in [0.717, 1.165) is 12.8 Å². The van der Waals surface area contributed by atoms with E-state index in [1.807, 2.05) is 0 Å². The molecule has 1 aliphatic rings. The molecule has 0 saturated carbocycles. The minimum Gasteiger partial charge on any atom is -0.478 e. The Morgan fingerprint density at radius 2 is 1.91 bits per heavy atom. The maximum atomic E-state index is 12.7. The Balaban J connectivity index is 2.13. The van der Waals surface area contributed by atoms with Crippen molar-refractivity contribution in [3.05, 3.63) is 35.9 Å². The van der Waals surface area contributed by atoms with E-state index in [2.05, 4.69) is 10.1 Å². The van der Waals surface area contributed by atoms with Gasteiger partial charge < -0.3 is 5.11 Å². The van der Waals surface area contributed by atoms with Gasteiger partial charge in [-0.25, -0.2) is 22.9 Å². The van der Waals surface area contributed by atoms with Crippen molar-refractivity contribution >= 4 is 16.0 Å². The fourth-order valence-electron chi connectivity index (χ4n) is 2.54. The molecule has 122 valence electrons. The van der Waals surface area contributed by atoms with E-state index in [1.165, 1.54) is 33.5 Å². The molecule has 1 fully saturated rings. The molecule has 0 unspecified atom stereocenters. The van der Waals surface area contributed by atoms with Crippen LogP contribution in [0.4, 0.5) is 0 Å². The average molecular weight is 336 g/mol. The molecule has 1 aromatic heterocycles. The van der Waals surface area contributed by atoms with Gasteiger partial charge in [0.2, 0.25) is 10.0 Å². The number of aromatic carboxylic acids is 1. The SMILES string of the molecule is Cc1ncn(-c2cc(C(=O)O)cc(S(=O)(=O)N3CCCC3)c2)n1. The van der Waals surface area contributed by atoms with Crippen LogP contribution in [0.2, 0.25) is 0 Å². The number of carboxylic acid groups (broad SMARTS) is 1. The molecule has 1 saturated heterocycles. The summed E-state index contributed by atoms with van der Waals surface area (Å²) in [5, 5.41) is 13.4. The molecule has 1 aromatic carbocycles. The first-order valence-corrected chi connectivity index (χ1v) is 8.59. The summed E-state index contributed by atoms with van der Waals surface area (Å²) in [6, 6.07) is 3.98. The van der Waals surface area contributed by atoms with E-state index in [9.17, 15) is 18.3 Å². The van der Waals surface area contributed by atoms with E-state index in [1.54, 1.807) is 6.92 Å². The highest BCUT2D eigenvalue weighted by atomic mass is 32.2. The summed E-state index contributed by atoms with van der Waals surface area (Å²) in [5.74, 6) is -0.684. The van der Waals surface area contributed by atoms with Gasteiger partial charge in [-0.1, -0.05) is 0 Å². The summed E-state index contributed by atoms with van der Waals surface area (Å²) in [6.45, 7) is 2.61. The molecule has 2 aromatic rings. The minimum atomic E-state index is -3.71. The van der Waals surface area contributed by atoms with Gasteiger partial charge in [0.05, 0.1) is 16.1 Å². The third-order valence-electron chi connectivity index (χ3n) is 3.71. The molecule has 0 radical (unpaired) electrons. The number of rotatable bonds is 4. The normalized spacial score (nSPS) is 15.9. The topological polar surface area (TPSA) is 105 Å². The number of aromatic nitrogens is 3. The lowest BCUT2D eigenvalue weighted by molar-refractivity contribution is 0.0696. The summed E-state index contributed by atoms with van der Waals surface area (Å²) in [7, 11) is -3.71. The molecule has 8 nitrogen and oxygen atoms in total. The van der Waals surface area contributed by atoms with Crippen LogP contribution >= 0.6 is 0 Å². The number of nitrogens with zero attached hydrogens (tertiary/aromatic N) is 4. The Kier molecular flexibility index (Phi) is 3.90. The lowest BCUT2D eigenvalue weighted by Crippen LogP contribution is -2.28. The third-order valence-corrected chi connectivity index (χ3v) is 5.59. The Bertz CT molecular complexity index is 853. The monoisotopic (exact) mass is 336 g/mol. The van der Waals surface area contributed by atoms with Crippen molar-refractivity contribution in [2.45, 2.75) is 24.7 Å². The molecule has 0 bridgehead atoms. The Morgan fingerprint density at radius 3 is 2.48 bits per heavy atom. The Hall–Kier alpha value is -2.26. The summed E-state index contributed by atoms with van der Waals surface area (Å²) >= 11 is 0. The number of carboxylic acids is 1.